The Morgan fingerprint density at radius 1 is 1.37 bits per heavy atom. The van der Waals surface area contributed by atoms with Crippen LogP contribution in [0, 0.1) is 5.92 Å². The molecule has 6 heteroatoms. The van der Waals surface area contributed by atoms with E-state index >= 15 is 0 Å². The second-order valence-electron chi connectivity index (χ2n) is 5.29. The zero-order valence-corrected chi connectivity index (χ0v) is 11.4. The minimum absolute atomic E-state index is 0.0917. The second kappa shape index (κ2) is 4.68. The fraction of sp³-hybridized carbons (Fsp3) is 0.615. The Morgan fingerprint density at radius 2 is 2.11 bits per heavy atom. The van der Waals surface area contributed by atoms with Gasteiger partial charge in [0.05, 0.1) is 0 Å². The van der Waals surface area contributed by atoms with Gasteiger partial charge in [-0.1, -0.05) is 13.8 Å². The SMILES string of the molecule is CCc1cc(=O)n2[nH]c(N3CCC(C)CC3)nc2n1. The molecule has 0 radical (unpaired) electrons. The van der Waals surface area contributed by atoms with Gasteiger partial charge in [-0.05, 0) is 25.2 Å². The van der Waals surface area contributed by atoms with Crippen LogP contribution in [0.2, 0.25) is 0 Å². The topological polar surface area (TPSA) is 66.3 Å². The molecule has 3 heterocycles. The van der Waals surface area contributed by atoms with Gasteiger partial charge in [0.25, 0.3) is 11.3 Å². The Bertz CT molecular complexity index is 636. The van der Waals surface area contributed by atoms with Crippen LogP contribution in [0.15, 0.2) is 10.9 Å². The Morgan fingerprint density at radius 3 is 2.79 bits per heavy atom. The summed E-state index contributed by atoms with van der Waals surface area (Å²) < 4.78 is 1.42. The monoisotopic (exact) mass is 261 g/mol. The average molecular weight is 261 g/mol. The highest BCUT2D eigenvalue weighted by atomic mass is 16.1. The van der Waals surface area contributed by atoms with Crippen molar-refractivity contribution in [1.82, 2.24) is 19.6 Å². The first-order valence-corrected chi connectivity index (χ1v) is 6.91. The lowest BCUT2D eigenvalue weighted by Crippen LogP contribution is -2.33. The van der Waals surface area contributed by atoms with Crippen LogP contribution in [0.4, 0.5) is 5.95 Å². The summed E-state index contributed by atoms with van der Waals surface area (Å²) in [5.41, 5.74) is 0.696. The maximum atomic E-state index is 11.9. The van der Waals surface area contributed by atoms with Crippen molar-refractivity contribution in [1.29, 1.82) is 0 Å². The van der Waals surface area contributed by atoms with Crippen molar-refractivity contribution in [2.75, 3.05) is 18.0 Å². The van der Waals surface area contributed by atoms with Crippen molar-refractivity contribution >= 4 is 11.7 Å². The molecule has 1 aliphatic heterocycles. The molecule has 0 saturated carbocycles. The van der Waals surface area contributed by atoms with E-state index in [4.69, 9.17) is 0 Å². The summed E-state index contributed by atoms with van der Waals surface area (Å²) in [4.78, 5) is 23.0. The molecule has 3 rings (SSSR count). The fourth-order valence-corrected chi connectivity index (χ4v) is 2.46. The normalized spacial score (nSPS) is 17.3. The minimum Gasteiger partial charge on any atom is -0.341 e. The number of aromatic amines is 1. The van der Waals surface area contributed by atoms with Gasteiger partial charge in [0, 0.05) is 24.8 Å². The standard InChI is InChI=1S/C13H19N5O/c1-3-10-8-11(19)18-12(14-10)15-13(16-18)17-6-4-9(2)5-7-17/h8-9H,3-7H2,1-2H3,(H,14,15,16). The molecule has 6 nitrogen and oxygen atoms in total. The molecule has 19 heavy (non-hydrogen) atoms. The molecule has 0 amide bonds. The Hall–Kier alpha value is -1.85. The van der Waals surface area contributed by atoms with Crippen LogP contribution in [0.3, 0.4) is 0 Å². The third-order valence-electron chi connectivity index (χ3n) is 3.82. The number of H-pyrrole nitrogens is 1. The van der Waals surface area contributed by atoms with Gasteiger partial charge in [-0.25, -0.2) is 4.98 Å². The average Bonchev–Trinajstić information content (AvgIpc) is 2.84. The van der Waals surface area contributed by atoms with E-state index in [2.05, 4.69) is 26.9 Å². The summed E-state index contributed by atoms with van der Waals surface area (Å²) in [6.45, 7) is 6.22. The molecule has 2 aromatic rings. The number of fused-ring (bicyclic) bond motifs is 1. The molecule has 102 valence electrons. The van der Waals surface area contributed by atoms with Crippen LogP contribution in [0.1, 0.15) is 32.4 Å². The summed E-state index contributed by atoms with van der Waals surface area (Å²) in [7, 11) is 0. The number of anilines is 1. The van der Waals surface area contributed by atoms with Crippen LogP contribution < -0.4 is 10.5 Å². The maximum Gasteiger partial charge on any atom is 0.274 e. The summed E-state index contributed by atoms with van der Waals surface area (Å²) >= 11 is 0. The van der Waals surface area contributed by atoms with Crippen molar-refractivity contribution in [3.63, 3.8) is 0 Å². The number of nitrogens with zero attached hydrogens (tertiary/aromatic N) is 4. The molecule has 0 unspecified atom stereocenters. The van der Waals surface area contributed by atoms with Crippen molar-refractivity contribution in [3.8, 4) is 0 Å². The number of aryl methyl sites for hydroxylation is 1. The van der Waals surface area contributed by atoms with Crippen molar-refractivity contribution in [2.45, 2.75) is 33.1 Å². The van der Waals surface area contributed by atoms with Gasteiger partial charge < -0.3 is 4.90 Å². The van der Waals surface area contributed by atoms with E-state index in [1.807, 2.05) is 6.92 Å². The predicted octanol–water partition coefficient (Wildman–Crippen LogP) is 1.22. The van der Waals surface area contributed by atoms with Crippen LogP contribution in [0.5, 0.6) is 0 Å². The van der Waals surface area contributed by atoms with E-state index in [0.29, 0.717) is 5.78 Å². The molecule has 1 saturated heterocycles. The van der Waals surface area contributed by atoms with Crippen molar-refractivity contribution in [2.24, 2.45) is 5.92 Å². The second-order valence-corrected chi connectivity index (χ2v) is 5.29. The van der Waals surface area contributed by atoms with Crippen molar-refractivity contribution < 1.29 is 0 Å². The first kappa shape index (κ1) is 12.2. The summed E-state index contributed by atoms with van der Waals surface area (Å²) in [6, 6.07) is 1.56. The first-order valence-electron chi connectivity index (χ1n) is 6.91. The van der Waals surface area contributed by atoms with Crippen LogP contribution in [0.25, 0.3) is 5.78 Å². The lowest BCUT2D eigenvalue weighted by molar-refractivity contribution is 0.434. The molecule has 1 fully saturated rings. The molecule has 0 atom stereocenters. The Labute approximate surface area is 111 Å². The van der Waals surface area contributed by atoms with E-state index in [9.17, 15) is 4.79 Å². The number of hydrogen-bond acceptors (Lipinski definition) is 4. The highest BCUT2D eigenvalue weighted by Gasteiger charge is 2.19. The van der Waals surface area contributed by atoms with Crippen molar-refractivity contribution in [3.05, 3.63) is 22.1 Å². The number of rotatable bonds is 2. The van der Waals surface area contributed by atoms with E-state index in [-0.39, 0.29) is 5.56 Å². The highest BCUT2D eigenvalue weighted by Crippen LogP contribution is 2.20. The summed E-state index contributed by atoms with van der Waals surface area (Å²) in [5, 5.41) is 3.06. The van der Waals surface area contributed by atoms with E-state index < -0.39 is 0 Å². The number of hydrogen-bond donors (Lipinski definition) is 1. The van der Waals surface area contributed by atoms with Crippen LogP contribution >= 0.6 is 0 Å². The van der Waals surface area contributed by atoms with Gasteiger partial charge in [0.2, 0.25) is 5.95 Å². The molecule has 1 aliphatic rings. The van der Waals surface area contributed by atoms with Gasteiger partial charge in [-0.15, -0.1) is 0 Å². The minimum atomic E-state index is -0.0917. The molecule has 1 N–H and O–H groups in total. The lowest BCUT2D eigenvalue weighted by atomic mass is 10.00. The molecule has 0 bridgehead atoms. The number of nitrogens with one attached hydrogen (secondary N) is 1. The zero-order valence-electron chi connectivity index (χ0n) is 11.4. The molecular weight excluding hydrogens is 242 g/mol. The van der Waals surface area contributed by atoms with Gasteiger partial charge >= 0.3 is 0 Å². The Balaban J connectivity index is 1.97. The van der Waals surface area contributed by atoms with Crippen LogP contribution in [-0.2, 0) is 6.42 Å². The number of piperidine rings is 1. The largest absolute Gasteiger partial charge is 0.341 e. The predicted molar refractivity (Wildman–Crippen MR) is 73.6 cm³/mol. The molecule has 2 aromatic heterocycles. The van der Waals surface area contributed by atoms with Gasteiger partial charge in [0.1, 0.15) is 0 Å². The van der Waals surface area contributed by atoms with Crippen LogP contribution in [-0.4, -0.2) is 32.7 Å². The van der Waals surface area contributed by atoms with E-state index in [1.165, 1.54) is 17.4 Å². The molecule has 0 spiro atoms. The van der Waals surface area contributed by atoms with E-state index in [1.54, 1.807) is 6.07 Å². The smallest absolute Gasteiger partial charge is 0.274 e. The van der Waals surface area contributed by atoms with Gasteiger partial charge in [0.15, 0.2) is 0 Å². The molecule has 0 aliphatic carbocycles. The summed E-state index contributed by atoms with van der Waals surface area (Å²) in [5.74, 6) is 2.00. The van der Waals surface area contributed by atoms with Gasteiger partial charge in [-0.3, -0.25) is 9.89 Å². The Kier molecular flexibility index (Phi) is 3.00. The summed E-state index contributed by atoms with van der Waals surface area (Å²) in [6.07, 6.45) is 3.08. The lowest BCUT2D eigenvalue weighted by Gasteiger charge is -2.29. The first-order chi connectivity index (χ1) is 9.17. The highest BCUT2D eigenvalue weighted by molar-refractivity contribution is 5.39. The van der Waals surface area contributed by atoms with Gasteiger partial charge in [-0.2, -0.15) is 9.50 Å². The quantitative estimate of drug-likeness (QED) is 0.882. The molecule has 0 aromatic carbocycles. The molecular formula is C13H19N5O. The number of aromatic nitrogens is 4. The third kappa shape index (κ3) is 2.22. The van der Waals surface area contributed by atoms with E-state index in [0.717, 1.165) is 37.1 Å². The zero-order chi connectivity index (χ0) is 13.4. The maximum absolute atomic E-state index is 11.9. The fourth-order valence-electron chi connectivity index (χ4n) is 2.46. The third-order valence-corrected chi connectivity index (χ3v) is 3.82.